The number of carbonyl (C=O) groups is 4. The summed E-state index contributed by atoms with van der Waals surface area (Å²) in [6.45, 7) is 6.42. The van der Waals surface area contributed by atoms with Crippen LogP contribution in [0.4, 0.5) is 4.79 Å². The number of ether oxygens (including phenoxy) is 2. The summed E-state index contributed by atoms with van der Waals surface area (Å²) < 4.78 is 9.85. The largest absolute Gasteiger partial charge is 0.481 e. The molecule has 0 aliphatic carbocycles. The van der Waals surface area contributed by atoms with E-state index in [0.29, 0.717) is 0 Å². The maximum absolute atomic E-state index is 13.1. The Balaban J connectivity index is 3.15. The van der Waals surface area contributed by atoms with Crippen LogP contribution < -0.4 is 5.32 Å². The van der Waals surface area contributed by atoms with Crippen LogP contribution in [0.15, 0.2) is 30.3 Å². The molecule has 2 unspecified atom stereocenters. The van der Waals surface area contributed by atoms with Crippen molar-refractivity contribution in [1.82, 2.24) is 10.2 Å². The molecule has 1 aromatic carbocycles. The van der Waals surface area contributed by atoms with Crippen molar-refractivity contribution in [3.63, 3.8) is 0 Å². The van der Waals surface area contributed by atoms with Gasteiger partial charge in [0.1, 0.15) is 17.7 Å². The highest BCUT2D eigenvalue weighted by Crippen LogP contribution is 2.14. The zero-order chi connectivity index (χ0) is 22.2. The van der Waals surface area contributed by atoms with Crippen molar-refractivity contribution >= 4 is 23.9 Å². The van der Waals surface area contributed by atoms with Crippen LogP contribution in [0.3, 0.4) is 0 Å². The Labute approximate surface area is 170 Å². The molecule has 0 saturated heterocycles. The number of carboxylic acid groups (broad SMARTS) is 1. The summed E-state index contributed by atoms with van der Waals surface area (Å²) in [4.78, 5) is 49.7. The average molecular weight is 408 g/mol. The summed E-state index contributed by atoms with van der Waals surface area (Å²) >= 11 is 0. The molecule has 9 nitrogen and oxygen atoms in total. The van der Waals surface area contributed by atoms with Gasteiger partial charge in [0, 0.05) is 6.54 Å². The normalized spacial score (nSPS) is 13.0. The van der Waals surface area contributed by atoms with Gasteiger partial charge in [-0.25, -0.2) is 9.59 Å². The van der Waals surface area contributed by atoms with Crippen LogP contribution >= 0.6 is 0 Å². The third kappa shape index (κ3) is 8.20. The van der Waals surface area contributed by atoms with E-state index in [4.69, 9.17) is 9.47 Å². The number of alkyl carbamates (subject to hydrolysis) is 1. The quantitative estimate of drug-likeness (QED) is 0.630. The molecule has 0 aliphatic rings. The summed E-state index contributed by atoms with van der Waals surface area (Å²) in [5.74, 6) is -2.69. The molecular formula is C20H28N2O7. The number of hydrogen-bond donors (Lipinski definition) is 2. The first-order valence-electron chi connectivity index (χ1n) is 9.08. The molecule has 0 heterocycles. The Kier molecular flexibility index (Phi) is 8.62. The van der Waals surface area contributed by atoms with E-state index in [1.54, 1.807) is 51.1 Å². The van der Waals surface area contributed by atoms with E-state index in [1.807, 2.05) is 0 Å². The molecule has 0 spiro atoms. The van der Waals surface area contributed by atoms with Gasteiger partial charge in [-0.2, -0.15) is 0 Å². The van der Waals surface area contributed by atoms with Crippen LogP contribution in [0.5, 0.6) is 0 Å². The zero-order valence-electron chi connectivity index (χ0n) is 17.3. The fourth-order valence-electron chi connectivity index (χ4n) is 2.51. The van der Waals surface area contributed by atoms with Gasteiger partial charge in [0.15, 0.2) is 0 Å². The second-order valence-electron chi connectivity index (χ2n) is 7.45. The van der Waals surface area contributed by atoms with Crippen LogP contribution in [-0.4, -0.2) is 58.7 Å². The molecular weight excluding hydrogens is 380 g/mol. The molecule has 0 aromatic heterocycles. The van der Waals surface area contributed by atoms with Crippen molar-refractivity contribution in [3.05, 3.63) is 35.9 Å². The Hall–Kier alpha value is -3.10. The average Bonchev–Trinajstić information content (AvgIpc) is 2.62. The zero-order valence-corrected chi connectivity index (χ0v) is 17.3. The predicted molar refractivity (Wildman–Crippen MR) is 104 cm³/mol. The van der Waals surface area contributed by atoms with Gasteiger partial charge in [0.05, 0.1) is 13.5 Å². The van der Waals surface area contributed by atoms with Crippen LogP contribution in [0.1, 0.15) is 39.7 Å². The van der Waals surface area contributed by atoms with Gasteiger partial charge >= 0.3 is 18.0 Å². The van der Waals surface area contributed by atoms with Gasteiger partial charge < -0.3 is 24.8 Å². The SMILES string of the molecule is COC(=O)C(C)N(Cc1ccccc1)C(=O)C(CC(=O)O)NC(=O)OC(C)(C)C. The maximum atomic E-state index is 13.1. The van der Waals surface area contributed by atoms with E-state index in [-0.39, 0.29) is 6.54 Å². The van der Waals surface area contributed by atoms with Crippen molar-refractivity contribution in [3.8, 4) is 0 Å². The third-order valence-corrected chi connectivity index (χ3v) is 3.86. The van der Waals surface area contributed by atoms with Crippen molar-refractivity contribution in [2.45, 2.75) is 58.3 Å². The van der Waals surface area contributed by atoms with Gasteiger partial charge in [-0.1, -0.05) is 30.3 Å². The van der Waals surface area contributed by atoms with E-state index in [9.17, 15) is 24.3 Å². The van der Waals surface area contributed by atoms with Gasteiger partial charge in [0.2, 0.25) is 5.91 Å². The fraction of sp³-hybridized carbons (Fsp3) is 0.500. The molecule has 9 heteroatoms. The minimum Gasteiger partial charge on any atom is -0.481 e. The van der Waals surface area contributed by atoms with Gasteiger partial charge in [-0.3, -0.25) is 9.59 Å². The Morgan fingerprint density at radius 1 is 1.14 bits per heavy atom. The van der Waals surface area contributed by atoms with Crippen molar-refractivity contribution in [1.29, 1.82) is 0 Å². The molecule has 0 aliphatic heterocycles. The van der Waals surface area contributed by atoms with Crippen LogP contribution in [-0.2, 0) is 30.4 Å². The number of carboxylic acids is 1. The Bertz CT molecular complexity index is 728. The molecule has 2 amide bonds. The first-order chi connectivity index (χ1) is 13.4. The standard InChI is InChI=1S/C20H28N2O7/c1-13(18(26)28-5)22(12-14-9-7-6-8-10-14)17(25)15(11-16(23)24)21-19(27)29-20(2,3)4/h6-10,13,15H,11-12H2,1-5H3,(H,21,27)(H,23,24). The highest BCUT2D eigenvalue weighted by molar-refractivity contribution is 5.92. The van der Waals surface area contributed by atoms with Crippen LogP contribution in [0.25, 0.3) is 0 Å². The lowest BCUT2D eigenvalue weighted by molar-refractivity contribution is -0.154. The molecule has 0 saturated carbocycles. The molecule has 0 bridgehead atoms. The lowest BCUT2D eigenvalue weighted by Crippen LogP contribution is -2.54. The van der Waals surface area contributed by atoms with Crippen molar-refractivity contribution in [2.24, 2.45) is 0 Å². The minimum absolute atomic E-state index is 0.0298. The summed E-state index contributed by atoms with van der Waals surface area (Å²) in [7, 11) is 1.19. The number of benzene rings is 1. The van der Waals surface area contributed by atoms with Gasteiger partial charge in [-0.05, 0) is 33.3 Å². The lowest BCUT2D eigenvalue weighted by atomic mass is 10.1. The second kappa shape index (κ2) is 10.4. The molecule has 0 fully saturated rings. The molecule has 0 radical (unpaired) electrons. The fourth-order valence-corrected chi connectivity index (χ4v) is 2.51. The summed E-state index contributed by atoms with van der Waals surface area (Å²) in [6, 6.07) is 6.46. The number of hydrogen-bond acceptors (Lipinski definition) is 6. The third-order valence-electron chi connectivity index (χ3n) is 3.86. The van der Waals surface area contributed by atoms with Gasteiger partial charge in [-0.15, -0.1) is 0 Å². The molecule has 1 rings (SSSR count). The summed E-state index contributed by atoms with van der Waals surface area (Å²) in [5.41, 5.74) is -0.104. The summed E-state index contributed by atoms with van der Waals surface area (Å²) in [5, 5.41) is 11.5. The predicted octanol–water partition coefficient (Wildman–Crippen LogP) is 1.94. The molecule has 2 N–H and O–H groups in total. The van der Waals surface area contributed by atoms with Crippen molar-refractivity contribution < 1.29 is 33.8 Å². The van der Waals surface area contributed by atoms with E-state index >= 15 is 0 Å². The number of amides is 2. The molecule has 160 valence electrons. The molecule has 1 aromatic rings. The maximum Gasteiger partial charge on any atom is 0.408 e. The number of aliphatic carboxylic acids is 1. The molecule has 2 atom stereocenters. The monoisotopic (exact) mass is 408 g/mol. The number of nitrogens with zero attached hydrogens (tertiary/aromatic N) is 1. The number of rotatable bonds is 8. The van der Waals surface area contributed by atoms with Crippen LogP contribution in [0, 0.1) is 0 Å². The highest BCUT2D eigenvalue weighted by Gasteiger charge is 2.34. The van der Waals surface area contributed by atoms with Crippen LogP contribution in [0.2, 0.25) is 0 Å². The first kappa shape index (κ1) is 23.9. The topological polar surface area (TPSA) is 122 Å². The van der Waals surface area contributed by atoms with Crippen molar-refractivity contribution in [2.75, 3.05) is 7.11 Å². The van der Waals surface area contributed by atoms with E-state index in [2.05, 4.69) is 5.32 Å². The Morgan fingerprint density at radius 2 is 1.72 bits per heavy atom. The minimum atomic E-state index is -1.42. The number of esters is 1. The van der Waals surface area contributed by atoms with E-state index in [1.165, 1.54) is 18.9 Å². The smallest absolute Gasteiger partial charge is 0.408 e. The van der Waals surface area contributed by atoms with E-state index in [0.717, 1.165) is 5.56 Å². The number of carbonyl (C=O) groups excluding carboxylic acids is 3. The Morgan fingerprint density at radius 3 is 2.21 bits per heavy atom. The second-order valence-corrected chi connectivity index (χ2v) is 7.45. The van der Waals surface area contributed by atoms with Gasteiger partial charge in [0.25, 0.3) is 0 Å². The van der Waals surface area contributed by atoms with E-state index < -0.39 is 48.0 Å². The number of nitrogens with one attached hydrogen (secondary N) is 1. The molecule has 29 heavy (non-hydrogen) atoms. The lowest BCUT2D eigenvalue weighted by Gasteiger charge is -2.31. The first-order valence-corrected chi connectivity index (χ1v) is 9.08. The highest BCUT2D eigenvalue weighted by atomic mass is 16.6. The summed E-state index contributed by atoms with van der Waals surface area (Å²) in [6.07, 6.45) is -1.60. The number of methoxy groups -OCH3 is 1.